The van der Waals surface area contributed by atoms with Crippen LogP contribution in [0.4, 0.5) is 5.82 Å². The molecular formula is C15H13N3OS. The molecule has 3 aromatic rings. The first-order valence-electron chi connectivity index (χ1n) is 6.10. The lowest BCUT2D eigenvalue weighted by molar-refractivity contribution is 0.413. The topological polar surface area (TPSA) is 61.0 Å². The largest absolute Gasteiger partial charge is 0.497 e. The molecule has 1 heterocycles. The molecule has 0 spiro atoms. The van der Waals surface area contributed by atoms with E-state index in [1.54, 1.807) is 7.11 Å². The summed E-state index contributed by atoms with van der Waals surface area (Å²) in [6, 6.07) is 15.5. The predicted octanol–water partition coefficient (Wildman–Crippen LogP) is 3.37. The number of nitrogens with zero attached hydrogens (tertiary/aromatic N) is 2. The molecule has 0 radical (unpaired) electrons. The molecular weight excluding hydrogens is 270 g/mol. The van der Waals surface area contributed by atoms with Crippen LogP contribution in [0, 0.1) is 0 Å². The van der Waals surface area contributed by atoms with Gasteiger partial charge in [-0.1, -0.05) is 30.0 Å². The van der Waals surface area contributed by atoms with Crippen molar-refractivity contribution in [2.45, 2.75) is 9.92 Å². The molecule has 0 aliphatic rings. The molecule has 0 saturated carbocycles. The smallest absolute Gasteiger partial charge is 0.157 e. The number of nitrogens with two attached hydrogens (primary N) is 1. The van der Waals surface area contributed by atoms with Crippen molar-refractivity contribution in [2.75, 3.05) is 12.8 Å². The minimum atomic E-state index is 0.441. The van der Waals surface area contributed by atoms with Gasteiger partial charge in [0.05, 0.1) is 18.1 Å². The van der Waals surface area contributed by atoms with E-state index in [1.807, 2.05) is 48.5 Å². The van der Waals surface area contributed by atoms with Gasteiger partial charge in [-0.2, -0.15) is 0 Å². The summed E-state index contributed by atoms with van der Waals surface area (Å²) >= 11 is 1.48. The third-order valence-electron chi connectivity index (χ3n) is 2.82. The number of anilines is 1. The molecule has 0 atom stereocenters. The van der Waals surface area contributed by atoms with Crippen molar-refractivity contribution in [3.8, 4) is 5.75 Å². The molecule has 0 unspecified atom stereocenters. The lowest BCUT2D eigenvalue weighted by Gasteiger charge is -2.07. The number of fused-ring (bicyclic) bond motifs is 1. The van der Waals surface area contributed by atoms with E-state index in [0.717, 1.165) is 21.7 Å². The van der Waals surface area contributed by atoms with E-state index in [4.69, 9.17) is 10.5 Å². The SMILES string of the molecule is COc1cccc(Sc2nc3ccccc3nc2N)c1. The molecule has 0 aliphatic heterocycles. The Hall–Kier alpha value is -2.27. The summed E-state index contributed by atoms with van der Waals surface area (Å²) in [5.74, 6) is 1.25. The Morgan fingerprint density at radius 3 is 2.50 bits per heavy atom. The van der Waals surface area contributed by atoms with Crippen molar-refractivity contribution in [2.24, 2.45) is 0 Å². The Morgan fingerprint density at radius 1 is 1.00 bits per heavy atom. The van der Waals surface area contributed by atoms with Gasteiger partial charge in [0.1, 0.15) is 10.8 Å². The standard InChI is InChI=1S/C15H13N3OS/c1-19-10-5-4-6-11(9-10)20-15-14(16)17-12-7-2-3-8-13(12)18-15/h2-9H,1H3,(H2,16,17). The molecule has 100 valence electrons. The molecule has 3 rings (SSSR count). The van der Waals surface area contributed by atoms with Crippen LogP contribution in [0.3, 0.4) is 0 Å². The molecule has 0 bridgehead atoms. The Labute approximate surface area is 121 Å². The lowest BCUT2D eigenvalue weighted by Crippen LogP contribution is -1.97. The van der Waals surface area contributed by atoms with Gasteiger partial charge in [-0.05, 0) is 30.3 Å². The zero-order valence-electron chi connectivity index (χ0n) is 10.9. The Kier molecular flexibility index (Phi) is 3.43. The van der Waals surface area contributed by atoms with Gasteiger partial charge in [-0.25, -0.2) is 9.97 Å². The van der Waals surface area contributed by atoms with Gasteiger partial charge in [0.2, 0.25) is 0 Å². The van der Waals surface area contributed by atoms with Crippen molar-refractivity contribution >= 4 is 28.6 Å². The highest BCUT2D eigenvalue weighted by Crippen LogP contribution is 2.32. The maximum Gasteiger partial charge on any atom is 0.157 e. The number of para-hydroxylation sites is 2. The monoisotopic (exact) mass is 283 g/mol. The van der Waals surface area contributed by atoms with Crippen LogP contribution < -0.4 is 10.5 Å². The minimum Gasteiger partial charge on any atom is -0.497 e. The van der Waals surface area contributed by atoms with Crippen molar-refractivity contribution in [1.29, 1.82) is 0 Å². The fourth-order valence-electron chi connectivity index (χ4n) is 1.85. The predicted molar refractivity (Wildman–Crippen MR) is 81.1 cm³/mol. The highest BCUT2D eigenvalue weighted by Gasteiger charge is 2.08. The second-order valence-corrected chi connectivity index (χ2v) is 5.25. The molecule has 0 fully saturated rings. The molecule has 0 aliphatic carbocycles. The summed E-state index contributed by atoms with van der Waals surface area (Å²) in [7, 11) is 1.65. The van der Waals surface area contributed by atoms with Crippen LogP contribution in [0.5, 0.6) is 5.75 Å². The van der Waals surface area contributed by atoms with Gasteiger partial charge in [0.25, 0.3) is 0 Å². The fourth-order valence-corrected chi connectivity index (χ4v) is 2.69. The first kappa shape index (κ1) is 12.7. The molecule has 1 aromatic heterocycles. The molecule has 20 heavy (non-hydrogen) atoms. The van der Waals surface area contributed by atoms with E-state index in [-0.39, 0.29) is 0 Å². The van der Waals surface area contributed by atoms with Gasteiger partial charge < -0.3 is 10.5 Å². The number of aromatic nitrogens is 2. The van der Waals surface area contributed by atoms with E-state index in [1.165, 1.54) is 11.8 Å². The van der Waals surface area contributed by atoms with Crippen molar-refractivity contribution < 1.29 is 4.74 Å². The van der Waals surface area contributed by atoms with E-state index in [2.05, 4.69) is 9.97 Å². The number of rotatable bonds is 3. The number of hydrogen-bond donors (Lipinski definition) is 1. The second-order valence-electron chi connectivity index (χ2n) is 4.18. The third-order valence-corrected chi connectivity index (χ3v) is 3.80. The van der Waals surface area contributed by atoms with Crippen molar-refractivity contribution in [3.63, 3.8) is 0 Å². The minimum absolute atomic E-state index is 0.441. The second kappa shape index (κ2) is 5.38. The van der Waals surface area contributed by atoms with Gasteiger partial charge >= 0.3 is 0 Å². The van der Waals surface area contributed by atoms with Gasteiger partial charge in [-0.3, -0.25) is 0 Å². The van der Waals surface area contributed by atoms with Crippen LogP contribution in [0.15, 0.2) is 58.5 Å². The maximum atomic E-state index is 5.98. The number of ether oxygens (including phenoxy) is 1. The van der Waals surface area contributed by atoms with E-state index >= 15 is 0 Å². The van der Waals surface area contributed by atoms with E-state index in [9.17, 15) is 0 Å². The van der Waals surface area contributed by atoms with Crippen LogP contribution in [0.25, 0.3) is 11.0 Å². The zero-order valence-corrected chi connectivity index (χ0v) is 11.7. The van der Waals surface area contributed by atoms with Crippen molar-refractivity contribution in [1.82, 2.24) is 9.97 Å². The molecule has 5 heteroatoms. The van der Waals surface area contributed by atoms with E-state index in [0.29, 0.717) is 10.8 Å². The van der Waals surface area contributed by atoms with Gasteiger partial charge in [0, 0.05) is 4.90 Å². The van der Waals surface area contributed by atoms with Crippen LogP contribution in [0.2, 0.25) is 0 Å². The fraction of sp³-hybridized carbons (Fsp3) is 0.0667. The lowest BCUT2D eigenvalue weighted by atomic mass is 10.3. The highest BCUT2D eigenvalue weighted by atomic mass is 32.2. The number of hydrogen-bond acceptors (Lipinski definition) is 5. The van der Waals surface area contributed by atoms with Gasteiger partial charge in [0.15, 0.2) is 5.82 Å². The Morgan fingerprint density at radius 2 is 1.75 bits per heavy atom. The summed E-state index contributed by atoms with van der Waals surface area (Å²) in [6.07, 6.45) is 0. The summed E-state index contributed by atoms with van der Waals surface area (Å²) < 4.78 is 5.21. The molecule has 0 amide bonds. The van der Waals surface area contributed by atoms with Gasteiger partial charge in [-0.15, -0.1) is 0 Å². The highest BCUT2D eigenvalue weighted by molar-refractivity contribution is 7.99. The van der Waals surface area contributed by atoms with Crippen LogP contribution >= 0.6 is 11.8 Å². The summed E-state index contributed by atoms with van der Waals surface area (Å²) in [4.78, 5) is 9.95. The Balaban J connectivity index is 1.99. The summed E-state index contributed by atoms with van der Waals surface area (Å²) in [5.41, 5.74) is 7.62. The normalized spacial score (nSPS) is 10.7. The summed E-state index contributed by atoms with van der Waals surface area (Å²) in [5, 5.41) is 0.706. The van der Waals surface area contributed by atoms with Crippen LogP contribution in [-0.2, 0) is 0 Å². The Bertz CT molecular complexity index is 761. The average molecular weight is 283 g/mol. The molecule has 0 saturated heterocycles. The molecule has 2 N–H and O–H groups in total. The summed E-state index contributed by atoms with van der Waals surface area (Å²) in [6.45, 7) is 0. The van der Waals surface area contributed by atoms with E-state index < -0.39 is 0 Å². The average Bonchev–Trinajstić information content (AvgIpc) is 2.48. The molecule has 4 nitrogen and oxygen atoms in total. The van der Waals surface area contributed by atoms with Crippen LogP contribution in [-0.4, -0.2) is 17.1 Å². The quantitative estimate of drug-likeness (QED) is 0.798. The van der Waals surface area contributed by atoms with Crippen molar-refractivity contribution in [3.05, 3.63) is 48.5 Å². The first-order chi connectivity index (χ1) is 9.76. The zero-order chi connectivity index (χ0) is 13.9. The number of methoxy groups -OCH3 is 1. The third kappa shape index (κ3) is 2.53. The molecule has 2 aromatic carbocycles. The first-order valence-corrected chi connectivity index (χ1v) is 6.92. The number of benzene rings is 2. The number of nitrogen functional groups attached to an aromatic ring is 1. The maximum absolute atomic E-state index is 5.98. The van der Waals surface area contributed by atoms with Crippen LogP contribution in [0.1, 0.15) is 0 Å².